The molecule has 3 aromatic heterocycles. The fraction of sp³-hybridized carbons (Fsp3) is 0.109. The molecule has 0 atom stereocenters. The van der Waals surface area contributed by atoms with Crippen molar-refractivity contribution in [2.24, 2.45) is 7.05 Å². The van der Waals surface area contributed by atoms with Gasteiger partial charge in [-0.25, -0.2) is 4.57 Å². The van der Waals surface area contributed by atoms with Gasteiger partial charge in [-0.2, -0.15) is 9.13 Å². The van der Waals surface area contributed by atoms with E-state index in [4.69, 9.17) is 0 Å². The van der Waals surface area contributed by atoms with E-state index in [1.807, 2.05) is 0 Å². The third kappa shape index (κ3) is 6.00. The first-order valence-corrected chi connectivity index (χ1v) is 17.2. The third-order valence-electron chi connectivity index (χ3n) is 9.78. The highest BCUT2D eigenvalue weighted by Crippen LogP contribution is 2.31. The lowest BCUT2D eigenvalue weighted by atomic mass is 9.93. The molecule has 1 aliphatic rings. The molecule has 49 heavy (non-hydrogen) atoms. The Morgan fingerprint density at radius 2 is 1.14 bits per heavy atom. The lowest BCUT2D eigenvalue weighted by Gasteiger charge is -2.15. The van der Waals surface area contributed by atoms with E-state index in [1.54, 1.807) is 0 Å². The minimum Gasteiger partial charge on any atom is -0.200 e. The van der Waals surface area contributed by atoms with Gasteiger partial charge in [0.2, 0.25) is 23.3 Å². The Kier molecular flexibility index (Phi) is 8.25. The second-order valence-electron chi connectivity index (χ2n) is 13.0. The summed E-state index contributed by atoms with van der Waals surface area (Å²) in [5.41, 5.74) is 16.3. The van der Waals surface area contributed by atoms with Crippen molar-refractivity contribution in [1.82, 2.24) is 0 Å². The molecule has 0 N–H and O–H groups in total. The van der Waals surface area contributed by atoms with Crippen molar-refractivity contribution in [3.63, 3.8) is 0 Å². The molecule has 0 amide bonds. The van der Waals surface area contributed by atoms with Crippen molar-refractivity contribution >= 4 is 11.9 Å². The molecule has 3 heteroatoms. The van der Waals surface area contributed by atoms with Gasteiger partial charge in [-0.05, 0) is 78.4 Å². The van der Waals surface area contributed by atoms with Crippen molar-refractivity contribution in [3.8, 4) is 44.9 Å². The van der Waals surface area contributed by atoms with Gasteiger partial charge in [0.25, 0.3) is 5.70 Å². The molecule has 3 nitrogen and oxygen atoms in total. The average Bonchev–Trinajstić information content (AvgIpc) is 3.14. The number of aryl methyl sites for hydroxylation is 4. The Morgan fingerprint density at radius 1 is 0.551 bits per heavy atom. The van der Waals surface area contributed by atoms with Gasteiger partial charge in [0, 0.05) is 46.5 Å². The van der Waals surface area contributed by atoms with Gasteiger partial charge in [-0.1, -0.05) is 84.9 Å². The van der Waals surface area contributed by atoms with E-state index in [0.717, 1.165) is 19.3 Å². The Morgan fingerprint density at radius 3 is 1.88 bits per heavy atom. The summed E-state index contributed by atoms with van der Waals surface area (Å²) in [5, 5.41) is 0. The summed E-state index contributed by atoms with van der Waals surface area (Å²) in [6.45, 7) is 2.23. The van der Waals surface area contributed by atoms with Crippen molar-refractivity contribution in [2.45, 2.75) is 26.2 Å². The van der Waals surface area contributed by atoms with E-state index in [9.17, 15) is 0 Å². The summed E-state index contributed by atoms with van der Waals surface area (Å²) in [6, 6.07) is 52.8. The summed E-state index contributed by atoms with van der Waals surface area (Å²) in [7, 11) is 2.17. The van der Waals surface area contributed by atoms with Crippen molar-refractivity contribution in [1.29, 1.82) is 0 Å². The van der Waals surface area contributed by atoms with Crippen molar-refractivity contribution < 1.29 is 13.7 Å². The SMILES string of the molecule is Cc1cc(-c2ccccc2)c[n+](C)c1-c1ccccc1C/C1=C/[n+]2ccccc2-c2ccccc2CCc2ccccc2-c2cccc[n+]21. The van der Waals surface area contributed by atoms with E-state index in [2.05, 4.69) is 198 Å². The molecule has 8 rings (SSSR count). The minimum atomic E-state index is 0.739. The highest BCUT2D eigenvalue weighted by atomic mass is 15.0. The van der Waals surface area contributed by atoms with Crippen LogP contribution in [0.25, 0.3) is 56.8 Å². The average molecular weight is 635 g/mol. The number of nitrogens with zero attached hydrogens (tertiary/aromatic N) is 3. The first-order chi connectivity index (χ1) is 24.1. The molecule has 0 fully saturated rings. The highest BCUT2D eigenvalue weighted by Gasteiger charge is 2.28. The van der Waals surface area contributed by atoms with E-state index in [-0.39, 0.29) is 0 Å². The maximum absolute atomic E-state index is 2.40. The summed E-state index contributed by atoms with van der Waals surface area (Å²) >= 11 is 0. The van der Waals surface area contributed by atoms with Crippen molar-refractivity contribution in [2.75, 3.05) is 0 Å². The molecular weight excluding hydrogens is 595 g/mol. The van der Waals surface area contributed by atoms with E-state index in [1.165, 1.54) is 72.8 Å². The number of hydrogen-bond acceptors (Lipinski definition) is 0. The van der Waals surface area contributed by atoms with Crippen LogP contribution in [0.3, 0.4) is 0 Å². The van der Waals surface area contributed by atoms with E-state index < -0.39 is 0 Å². The van der Waals surface area contributed by atoms with Crippen LogP contribution in [-0.2, 0) is 26.3 Å². The number of aromatic nitrogens is 3. The lowest BCUT2D eigenvalue weighted by Crippen LogP contribution is -2.40. The van der Waals surface area contributed by atoms with Crippen LogP contribution in [0, 0.1) is 6.92 Å². The Labute approximate surface area is 289 Å². The molecule has 0 saturated heterocycles. The number of allylic oxidation sites excluding steroid dienone is 1. The van der Waals surface area contributed by atoms with E-state index in [0.29, 0.717) is 0 Å². The topological polar surface area (TPSA) is 11.6 Å². The van der Waals surface area contributed by atoms with Crippen LogP contribution in [-0.4, -0.2) is 0 Å². The maximum atomic E-state index is 2.40. The van der Waals surface area contributed by atoms with Gasteiger partial charge in [-0.15, -0.1) is 0 Å². The molecule has 0 radical (unpaired) electrons. The Hall–Kier alpha value is -5.93. The molecule has 1 aliphatic heterocycles. The van der Waals surface area contributed by atoms with E-state index >= 15 is 0 Å². The molecule has 0 bridgehead atoms. The van der Waals surface area contributed by atoms with Crippen LogP contribution in [0.5, 0.6) is 0 Å². The zero-order valence-corrected chi connectivity index (χ0v) is 28.1. The first-order valence-electron chi connectivity index (χ1n) is 17.2. The van der Waals surface area contributed by atoms with Crippen LogP contribution in [0.15, 0.2) is 164 Å². The molecule has 0 unspecified atom stereocenters. The number of benzene rings is 4. The summed E-state index contributed by atoms with van der Waals surface area (Å²) in [6.07, 6.45) is 11.7. The molecule has 7 aromatic rings. The molecule has 4 heterocycles. The predicted octanol–water partition coefficient (Wildman–Crippen LogP) is 8.86. The van der Waals surface area contributed by atoms with Crippen molar-refractivity contribution in [3.05, 3.63) is 186 Å². The zero-order chi connectivity index (χ0) is 33.2. The molecule has 0 spiro atoms. The van der Waals surface area contributed by atoms with Gasteiger partial charge in [0.05, 0.1) is 12.0 Å². The summed E-state index contributed by atoms with van der Waals surface area (Å²) in [5.74, 6) is 0. The fourth-order valence-corrected chi connectivity index (χ4v) is 7.49. The van der Waals surface area contributed by atoms with Crippen LogP contribution in [0.2, 0.25) is 0 Å². The van der Waals surface area contributed by atoms with Gasteiger partial charge >= 0.3 is 0 Å². The maximum Gasteiger partial charge on any atom is 0.256 e. The Balaban J connectivity index is 1.33. The molecule has 0 saturated carbocycles. The van der Waals surface area contributed by atoms with Gasteiger partial charge in [0.1, 0.15) is 7.05 Å². The number of fused-ring (bicyclic) bond motifs is 6. The molecule has 236 valence electrons. The number of rotatable bonds is 4. The fourth-order valence-electron chi connectivity index (χ4n) is 7.49. The zero-order valence-electron chi connectivity index (χ0n) is 28.1. The minimum absolute atomic E-state index is 0.739. The van der Waals surface area contributed by atoms with Crippen LogP contribution >= 0.6 is 0 Å². The lowest BCUT2D eigenvalue weighted by molar-refractivity contribution is -0.660. The monoisotopic (exact) mass is 634 g/mol. The van der Waals surface area contributed by atoms with Crippen LogP contribution < -0.4 is 13.7 Å². The first kappa shape index (κ1) is 30.4. The standard InChI is InChI=1S/C46H40N3/c1-34-30-39(35-16-4-3-5-17-35)32-47(2)46(34)43-23-11-8-20-38(43)31-40-33-48-28-14-12-24-44(48)41-21-9-6-18-36(41)26-27-37-19-7-10-22-42(37)45-25-13-15-29-49(40)45/h3-25,28-30,32-33H,26-27,31H2,1-2H3/q+3/b40-33-. The van der Waals surface area contributed by atoms with Crippen LogP contribution in [0.4, 0.5) is 0 Å². The van der Waals surface area contributed by atoms with Gasteiger partial charge in [0.15, 0.2) is 18.6 Å². The number of hydrogen-bond donors (Lipinski definition) is 0. The van der Waals surface area contributed by atoms with Crippen LogP contribution in [0.1, 0.15) is 22.3 Å². The summed E-state index contributed by atoms with van der Waals surface area (Å²) in [4.78, 5) is 0. The number of pyridine rings is 3. The third-order valence-corrected chi connectivity index (χ3v) is 9.78. The second kappa shape index (κ2) is 13.3. The smallest absolute Gasteiger partial charge is 0.200 e. The largest absolute Gasteiger partial charge is 0.256 e. The Bertz CT molecular complexity index is 2310. The molecule has 0 aliphatic carbocycles. The highest BCUT2D eigenvalue weighted by molar-refractivity contribution is 5.72. The van der Waals surface area contributed by atoms with Gasteiger partial charge in [-0.3, -0.25) is 0 Å². The predicted molar refractivity (Wildman–Crippen MR) is 199 cm³/mol. The molecular formula is C46H40N3+3. The molecule has 4 aromatic carbocycles. The summed E-state index contributed by atoms with van der Waals surface area (Å²) < 4.78 is 7.01. The van der Waals surface area contributed by atoms with Gasteiger partial charge < -0.3 is 0 Å². The quantitative estimate of drug-likeness (QED) is 0.172. The normalized spacial score (nSPS) is 13.4. The second-order valence-corrected chi connectivity index (χ2v) is 13.0.